The van der Waals surface area contributed by atoms with E-state index >= 15 is 0 Å². The van der Waals surface area contributed by atoms with Gasteiger partial charge >= 0.3 is 0 Å². The third kappa shape index (κ3) is 4.32. The van der Waals surface area contributed by atoms with Gasteiger partial charge in [0, 0.05) is 23.0 Å². The van der Waals surface area contributed by atoms with Crippen LogP contribution in [0.25, 0.3) is 5.82 Å². The summed E-state index contributed by atoms with van der Waals surface area (Å²) < 4.78 is 7.62. The Kier molecular flexibility index (Phi) is 5.64. The summed E-state index contributed by atoms with van der Waals surface area (Å²) >= 11 is 0. The van der Waals surface area contributed by atoms with E-state index in [2.05, 4.69) is 20.4 Å². The zero-order valence-corrected chi connectivity index (χ0v) is 17.8. The average molecular weight is 424 g/mol. The minimum Gasteiger partial charge on any atom is -0.439 e. The van der Waals surface area contributed by atoms with Crippen molar-refractivity contribution in [2.75, 3.05) is 5.32 Å². The van der Waals surface area contributed by atoms with Gasteiger partial charge in [-0.1, -0.05) is 0 Å². The number of rotatable bonds is 5. The molecule has 4 aromatic rings. The summed E-state index contributed by atoms with van der Waals surface area (Å²) in [6.45, 7) is 5.97. The molecule has 0 bridgehead atoms. The average Bonchev–Trinajstić information content (AvgIpc) is 3.08. The summed E-state index contributed by atoms with van der Waals surface area (Å²) in [6, 6.07) is 17.1. The highest BCUT2D eigenvalue weighted by Crippen LogP contribution is 2.23. The van der Waals surface area contributed by atoms with Crippen LogP contribution in [0.5, 0.6) is 11.6 Å². The van der Waals surface area contributed by atoms with Crippen molar-refractivity contribution in [3.05, 3.63) is 89.0 Å². The fourth-order valence-corrected chi connectivity index (χ4v) is 3.07. The van der Waals surface area contributed by atoms with Gasteiger partial charge in [0.15, 0.2) is 5.82 Å². The smallest absolute Gasteiger partial charge is 0.255 e. The SMILES string of the molecule is Cc1nn(-c2cc(Oc3ccc(NC(=O)c4ccc(C#N)cc4)cc3)ncn2)c(C)c1C. The van der Waals surface area contributed by atoms with Crippen molar-refractivity contribution in [1.29, 1.82) is 5.26 Å². The first-order chi connectivity index (χ1) is 15.4. The van der Waals surface area contributed by atoms with Crippen molar-refractivity contribution < 1.29 is 9.53 Å². The predicted octanol–water partition coefficient (Wildman–Crippen LogP) is 4.50. The first-order valence-electron chi connectivity index (χ1n) is 9.89. The van der Waals surface area contributed by atoms with Crippen LogP contribution in [-0.4, -0.2) is 25.7 Å². The molecule has 0 atom stereocenters. The molecule has 0 aliphatic rings. The largest absolute Gasteiger partial charge is 0.439 e. The molecule has 0 saturated heterocycles. The Balaban J connectivity index is 1.45. The van der Waals surface area contributed by atoms with Gasteiger partial charge in [-0.05, 0) is 74.9 Å². The molecule has 158 valence electrons. The molecule has 8 nitrogen and oxygen atoms in total. The Morgan fingerprint density at radius 2 is 1.75 bits per heavy atom. The zero-order valence-electron chi connectivity index (χ0n) is 17.8. The summed E-state index contributed by atoms with van der Waals surface area (Å²) in [7, 11) is 0. The minimum absolute atomic E-state index is 0.260. The molecule has 32 heavy (non-hydrogen) atoms. The number of carbonyl (C=O) groups is 1. The number of nitrogens with one attached hydrogen (secondary N) is 1. The molecule has 2 heterocycles. The molecule has 0 radical (unpaired) electrons. The molecule has 4 rings (SSSR count). The highest BCUT2D eigenvalue weighted by molar-refractivity contribution is 6.04. The van der Waals surface area contributed by atoms with Crippen LogP contribution in [-0.2, 0) is 0 Å². The lowest BCUT2D eigenvalue weighted by atomic mass is 10.1. The monoisotopic (exact) mass is 424 g/mol. The molecule has 0 unspecified atom stereocenters. The lowest BCUT2D eigenvalue weighted by Gasteiger charge is -2.09. The van der Waals surface area contributed by atoms with Crippen molar-refractivity contribution >= 4 is 11.6 Å². The number of ether oxygens (including phenoxy) is 1. The number of hydrogen-bond donors (Lipinski definition) is 1. The van der Waals surface area contributed by atoms with Gasteiger partial charge in [0.1, 0.15) is 12.1 Å². The van der Waals surface area contributed by atoms with Gasteiger partial charge in [-0.2, -0.15) is 10.4 Å². The Hall–Kier alpha value is -4.51. The maximum Gasteiger partial charge on any atom is 0.255 e. The van der Waals surface area contributed by atoms with Gasteiger partial charge in [-0.3, -0.25) is 4.79 Å². The predicted molar refractivity (Wildman–Crippen MR) is 119 cm³/mol. The van der Waals surface area contributed by atoms with E-state index in [9.17, 15) is 4.79 Å². The van der Waals surface area contributed by atoms with Gasteiger partial charge < -0.3 is 10.1 Å². The number of carbonyl (C=O) groups excluding carboxylic acids is 1. The lowest BCUT2D eigenvalue weighted by Crippen LogP contribution is -2.11. The fourth-order valence-electron chi connectivity index (χ4n) is 3.07. The summed E-state index contributed by atoms with van der Waals surface area (Å²) in [6.07, 6.45) is 1.43. The molecule has 1 amide bonds. The van der Waals surface area contributed by atoms with Gasteiger partial charge in [-0.25, -0.2) is 14.6 Å². The first kappa shape index (κ1) is 20.8. The topological polar surface area (TPSA) is 106 Å². The van der Waals surface area contributed by atoms with E-state index in [0.717, 1.165) is 17.0 Å². The molecule has 0 aliphatic heterocycles. The van der Waals surface area contributed by atoms with Crippen molar-refractivity contribution in [3.63, 3.8) is 0 Å². The normalized spacial score (nSPS) is 10.4. The van der Waals surface area contributed by atoms with Gasteiger partial charge in [0.25, 0.3) is 5.91 Å². The van der Waals surface area contributed by atoms with E-state index < -0.39 is 0 Å². The van der Waals surface area contributed by atoms with Crippen LogP contribution in [0.3, 0.4) is 0 Å². The molecule has 1 N–H and O–H groups in total. The highest BCUT2D eigenvalue weighted by Gasteiger charge is 2.12. The number of aryl methyl sites for hydroxylation is 1. The van der Waals surface area contributed by atoms with Crippen LogP contribution in [0.4, 0.5) is 5.69 Å². The molecule has 2 aromatic carbocycles. The van der Waals surface area contributed by atoms with E-state index in [1.165, 1.54) is 6.33 Å². The zero-order chi connectivity index (χ0) is 22.7. The number of nitrogens with zero attached hydrogens (tertiary/aromatic N) is 5. The van der Waals surface area contributed by atoms with Crippen LogP contribution >= 0.6 is 0 Å². The van der Waals surface area contributed by atoms with Gasteiger partial charge in [-0.15, -0.1) is 0 Å². The van der Waals surface area contributed by atoms with Crippen LogP contribution in [0.2, 0.25) is 0 Å². The first-order valence-corrected chi connectivity index (χ1v) is 9.89. The molecule has 0 aliphatic carbocycles. The Morgan fingerprint density at radius 3 is 2.38 bits per heavy atom. The van der Waals surface area contributed by atoms with E-state index in [-0.39, 0.29) is 5.91 Å². The van der Waals surface area contributed by atoms with Crippen molar-refractivity contribution in [2.45, 2.75) is 20.8 Å². The number of anilines is 1. The van der Waals surface area contributed by atoms with Crippen molar-refractivity contribution in [2.24, 2.45) is 0 Å². The second-order valence-electron chi connectivity index (χ2n) is 7.19. The Bertz CT molecular complexity index is 1320. The maximum absolute atomic E-state index is 12.4. The number of aromatic nitrogens is 4. The van der Waals surface area contributed by atoms with Crippen LogP contribution in [0.1, 0.15) is 32.9 Å². The van der Waals surface area contributed by atoms with Gasteiger partial charge in [0.05, 0.1) is 17.3 Å². The van der Waals surface area contributed by atoms with Crippen molar-refractivity contribution in [1.82, 2.24) is 19.7 Å². The number of benzene rings is 2. The number of amides is 1. The minimum atomic E-state index is -0.260. The van der Waals surface area contributed by atoms with E-state index in [0.29, 0.717) is 34.3 Å². The quantitative estimate of drug-likeness (QED) is 0.505. The fraction of sp³-hybridized carbons (Fsp3) is 0.125. The summed E-state index contributed by atoms with van der Waals surface area (Å²) in [5.74, 6) is 1.31. The standard InChI is InChI=1S/C24H20N6O2/c1-15-16(2)29-30(17(15)3)22-12-23(27-14-26-22)32-21-10-8-20(9-11-21)28-24(31)19-6-4-18(13-25)5-7-19/h4-12,14H,1-3H3,(H,28,31). The maximum atomic E-state index is 12.4. The lowest BCUT2D eigenvalue weighted by molar-refractivity contribution is 0.102. The molecule has 2 aromatic heterocycles. The van der Waals surface area contributed by atoms with Crippen molar-refractivity contribution in [3.8, 4) is 23.5 Å². The van der Waals surface area contributed by atoms with E-state index in [1.807, 2.05) is 26.8 Å². The Labute approximate surface area is 185 Å². The molecular formula is C24H20N6O2. The van der Waals surface area contributed by atoms with E-state index in [1.54, 1.807) is 59.3 Å². The number of hydrogen-bond acceptors (Lipinski definition) is 6. The molecule has 0 saturated carbocycles. The molecule has 0 fully saturated rings. The van der Waals surface area contributed by atoms with Crippen LogP contribution in [0.15, 0.2) is 60.9 Å². The summed E-state index contributed by atoms with van der Waals surface area (Å²) in [5, 5.41) is 16.2. The Morgan fingerprint density at radius 1 is 1.03 bits per heavy atom. The number of nitriles is 1. The molecule has 8 heteroatoms. The van der Waals surface area contributed by atoms with Gasteiger partial charge in [0.2, 0.25) is 5.88 Å². The summed E-state index contributed by atoms with van der Waals surface area (Å²) in [5.41, 5.74) is 4.66. The second kappa shape index (κ2) is 8.70. The van der Waals surface area contributed by atoms with Crippen LogP contribution < -0.4 is 10.1 Å². The van der Waals surface area contributed by atoms with Crippen LogP contribution in [0, 0.1) is 32.1 Å². The third-order valence-corrected chi connectivity index (χ3v) is 5.11. The molecule has 0 spiro atoms. The highest BCUT2D eigenvalue weighted by atomic mass is 16.5. The second-order valence-corrected chi connectivity index (χ2v) is 7.19. The molecular weight excluding hydrogens is 404 g/mol. The van der Waals surface area contributed by atoms with E-state index in [4.69, 9.17) is 10.00 Å². The third-order valence-electron chi connectivity index (χ3n) is 5.11. The summed E-state index contributed by atoms with van der Waals surface area (Å²) in [4.78, 5) is 20.8.